The van der Waals surface area contributed by atoms with Crippen LogP contribution < -0.4 is 16.0 Å². The van der Waals surface area contributed by atoms with Crippen molar-refractivity contribution in [3.05, 3.63) is 29.6 Å². The van der Waals surface area contributed by atoms with Crippen LogP contribution in [0.3, 0.4) is 0 Å². The highest BCUT2D eigenvalue weighted by Gasteiger charge is 2.26. The highest BCUT2D eigenvalue weighted by Crippen LogP contribution is 2.23. The van der Waals surface area contributed by atoms with Crippen molar-refractivity contribution in [3.63, 3.8) is 0 Å². The first-order valence-electron chi connectivity index (χ1n) is 10.2. The van der Waals surface area contributed by atoms with Crippen LogP contribution >= 0.6 is 24.0 Å². The number of hydrogen-bond donors (Lipinski definition) is 2. The van der Waals surface area contributed by atoms with E-state index in [2.05, 4.69) is 10.3 Å². The molecule has 8 nitrogen and oxygen atoms in total. The average molecular weight is 551 g/mol. The molecule has 0 saturated carbocycles. The van der Waals surface area contributed by atoms with Crippen LogP contribution in [0.15, 0.2) is 23.2 Å². The Kier molecular flexibility index (Phi) is 10.8. The third-order valence-electron chi connectivity index (χ3n) is 4.53. The zero-order valence-electron chi connectivity index (χ0n) is 19.0. The number of anilines is 1. The molecule has 1 aliphatic heterocycles. The highest BCUT2D eigenvalue weighted by molar-refractivity contribution is 14.0. The number of methoxy groups -OCH3 is 1. The van der Waals surface area contributed by atoms with Gasteiger partial charge in [0, 0.05) is 39.3 Å². The number of nitrogens with zero attached hydrogens (tertiary/aromatic N) is 3. The summed E-state index contributed by atoms with van der Waals surface area (Å²) in [6, 6.07) is 5.11. The Morgan fingerprint density at radius 1 is 1.29 bits per heavy atom. The molecule has 0 aromatic heterocycles. The number of nitrogens with two attached hydrogens (primary N) is 1. The van der Waals surface area contributed by atoms with E-state index in [4.69, 9.17) is 15.2 Å². The number of hydrogen-bond acceptors (Lipinski definition) is 5. The lowest BCUT2D eigenvalue weighted by molar-refractivity contribution is 0.0240. The van der Waals surface area contributed by atoms with Gasteiger partial charge in [-0.1, -0.05) is 6.07 Å². The van der Waals surface area contributed by atoms with E-state index in [0.717, 1.165) is 5.56 Å². The first kappa shape index (κ1) is 27.2. The zero-order chi connectivity index (χ0) is 22.3. The van der Waals surface area contributed by atoms with E-state index in [1.54, 1.807) is 18.1 Å². The molecule has 1 unspecified atom stereocenters. The molecule has 3 N–H and O–H groups in total. The number of benzene rings is 1. The Labute approximate surface area is 201 Å². The number of aliphatic imine (C=N–C) groups is 1. The second-order valence-corrected chi connectivity index (χ2v) is 8.44. The van der Waals surface area contributed by atoms with Crippen molar-refractivity contribution in [1.82, 2.24) is 10.2 Å². The summed E-state index contributed by atoms with van der Waals surface area (Å²) in [5, 5.41) is 3.01. The molecule has 0 radical (unpaired) electrons. The third-order valence-corrected chi connectivity index (χ3v) is 4.53. The van der Waals surface area contributed by atoms with Crippen molar-refractivity contribution in [3.8, 4) is 0 Å². The fraction of sp³-hybridized carbons (Fsp3) is 0.619. The summed E-state index contributed by atoms with van der Waals surface area (Å²) in [4.78, 5) is 20.0. The normalized spacial score (nSPS) is 15.9. The predicted molar refractivity (Wildman–Crippen MR) is 132 cm³/mol. The molecule has 1 heterocycles. The molecule has 0 aliphatic carbocycles. The maximum absolute atomic E-state index is 14.7. The second-order valence-electron chi connectivity index (χ2n) is 8.44. The van der Waals surface area contributed by atoms with E-state index in [0.29, 0.717) is 44.4 Å². The smallest absolute Gasteiger partial charge is 0.410 e. The van der Waals surface area contributed by atoms with Gasteiger partial charge in [0.05, 0.1) is 18.8 Å². The summed E-state index contributed by atoms with van der Waals surface area (Å²) in [5.41, 5.74) is 6.57. The molecular formula is C21H35FIN5O3. The number of rotatable bonds is 6. The number of ether oxygens (including phenoxy) is 2. The summed E-state index contributed by atoms with van der Waals surface area (Å²) in [6.45, 7) is 10.3. The highest BCUT2D eigenvalue weighted by atomic mass is 127. The Morgan fingerprint density at radius 3 is 2.48 bits per heavy atom. The Balaban J connectivity index is 0.00000480. The summed E-state index contributed by atoms with van der Waals surface area (Å²) < 4.78 is 25.1. The number of halogens is 2. The average Bonchev–Trinajstić information content (AvgIpc) is 2.65. The van der Waals surface area contributed by atoms with Crippen molar-refractivity contribution in [1.29, 1.82) is 0 Å². The number of piperazine rings is 1. The summed E-state index contributed by atoms with van der Waals surface area (Å²) in [5.74, 6) is -0.0185. The predicted octanol–water partition coefficient (Wildman–Crippen LogP) is 2.94. The van der Waals surface area contributed by atoms with E-state index in [1.807, 2.05) is 38.7 Å². The van der Waals surface area contributed by atoms with Crippen LogP contribution in [-0.2, 0) is 16.0 Å². The molecule has 1 aromatic rings. The van der Waals surface area contributed by atoms with E-state index in [9.17, 15) is 9.18 Å². The van der Waals surface area contributed by atoms with Gasteiger partial charge in [0.15, 0.2) is 5.96 Å². The monoisotopic (exact) mass is 551 g/mol. The molecule has 1 aromatic carbocycles. The number of nitrogens with one attached hydrogen (secondary N) is 1. The lowest BCUT2D eigenvalue weighted by atomic mass is 10.1. The minimum atomic E-state index is -0.528. The van der Waals surface area contributed by atoms with Crippen LogP contribution in [0.1, 0.15) is 33.3 Å². The first-order chi connectivity index (χ1) is 14.1. The number of carbonyl (C=O) groups excluding carboxylic acids is 1. The number of amides is 1. The van der Waals surface area contributed by atoms with Crippen LogP contribution in [0.5, 0.6) is 0 Å². The van der Waals surface area contributed by atoms with Crippen molar-refractivity contribution < 1.29 is 18.7 Å². The van der Waals surface area contributed by atoms with Gasteiger partial charge in [-0.3, -0.25) is 0 Å². The van der Waals surface area contributed by atoms with Gasteiger partial charge in [-0.25, -0.2) is 14.2 Å². The van der Waals surface area contributed by atoms with E-state index < -0.39 is 5.60 Å². The topological polar surface area (TPSA) is 92.4 Å². The largest absolute Gasteiger partial charge is 0.444 e. The van der Waals surface area contributed by atoms with Crippen LogP contribution in [0.4, 0.5) is 14.9 Å². The van der Waals surface area contributed by atoms with Crippen molar-refractivity contribution in [2.45, 2.75) is 45.9 Å². The third kappa shape index (κ3) is 9.06. The number of carbonyl (C=O) groups is 1. The van der Waals surface area contributed by atoms with Gasteiger partial charge in [-0.2, -0.15) is 0 Å². The quantitative estimate of drug-likeness (QED) is 0.321. The minimum absolute atomic E-state index is 0. The first-order valence-corrected chi connectivity index (χ1v) is 10.2. The minimum Gasteiger partial charge on any atom is -0.444 e. The summed E-state index contributed by atoms with van der Waals surface area (Å²) in [7, 11) is 1.62. The van der Waals surface area contributed by atoms with Gasteiger partial charge >= 0.3 is 6.09 Å². The molecule has 1 saturated heterocycles. The van der Waals surface area contributed by atoms with E-state index in [-0.39, 0.29) is 48.5 Å². The summed E-state index contributed by atoms with van der Waals surface area (Å²) in [6.07, 6.45) is -0.332. The molecule has 1 amide bonds. The molecule has 31 heavy (non-hydrogen) atoms. The van der Waals surface area contributed by atoms with E-state index in [1.165, 1.54) is 6.07 Å². The number of guanidine groups is 1. The molecule has 1 aliphatic rings. The SMILES string of the molecule is COCC(C)NC(N)=NCc1ccc(N2CCN(C(=O)OC(C)(C)C)CC2)c(F)c1.I. The van der Waals surface area contributed by atoms with Crippen LogP contribution in [0.2, 0.25) is 0 Å². The van der Waals surface area contributed by atoms with Crippen LogP contribution in [0.25, 0.3) is 0 Å². The Bertz CT molecular complexity index is 749. The summed E-state index contributed by atoms with van der Waals surface area (Å²) >= 11 is 0. The fourth-order valence-electron chi connectivity index (χ4n) is 3.13. The van der Waals surface area contributed by atoms with Gasteiger partial charge in [-0.05, 0) is 45.4 Å². The standard InChI is InChI=1S/C21H34FN5O3.HI/c1-15(14-29-5)25-19(23)24-13-16-6-7-18(17(22)12-16)26-8-10-27(11-9-26)20(28)30-21(2,3)4;/h6-7,12,15H,8-11,13-14H2,1-5H3,(H3,23,24,25);1H. The second kappa shape index (κ2) is 12.3. The molecule has 0 spiro atoms. The van der Waals surface area contributed by atoms with Crippen molar-refractivity contribution in [2.24, 2.45) is 10.7 Å². The lowest BCUT2D eigenvalue weighted by Gasteiger charge is -2.36. The zero-order valence-corrected chi connectivity index (χ0v) is 21.3. The van der Waals surface area contributed by atoms with Gasteiger partial charge < -0.3 is 30.3 Å². The molecule has 1 fully saturated rings. The van der Waals surface area contributed by atoms with Crippen molar-refractivity contribution in [2.75, 3.05) is 44.8 Å². The van der Waals surface area contributed by atoms with Gasteiger partial charge in [-0.15, -0.1) is 24.0 Å². The molecule has 1 atom stereocenters. The van der Waals surface area contributed by atoms with Crippen LogP contribution in [0, 0.1) is 5.82 Å². The van der Waals surface area contributed by atoms with Crippen LogP contribution in [-0.4, -0.2) is 68.5 Å². The van der Waals surface area contributed by atoms with E-state index >= 15 is 0 Å². The molecule has 10 heteroatoms. The van der Waals surface area contributed by atoms with Gasteiger partial charge in [0.1, 0.15) is 11.4 Å². The maximum Gasteiger partial charge on any atom is 0.410 e. The lowest BCUT2D eigenvalue weighted by Crippen LogP contribution is -2.50. The Hall–Kier alpha value is -1.82. The van der Waals surface area contributed by atoms with Gasteiger partial charge in [0.25, 0.3) is 0 Å². The maximum atomic E-state index is 14.7. The molecule has 2 rings (SSSR count). The van der Waals surface area contributed by atoms with Gasteiger partial charge in [0.2, 0.25) is 0 Å². The Morgan fingerprint density at radius 2 is 1.94 bits per heavy atom. The fourth-order valence-corrected chi connectivity index (χ4v) is 3.13. The molecular weight excluding hydrogens is 516 g/mol. The van der Waals surface area contributed by atoms with Crippen molar-refractivity contribution >= 4 is 41.7 Å². The molecule has 0 bridgehead atoms. The molecule has 176 valence electrons.